The number of rotatable bonds is 3. The van der Waals surface area contributed by atoms with Crippen molar-refractivity contribution in [3.63, 3.8) is 0 Å². The van der Waals surface area contributed by atoms with Crippen LogP contribution in [0.25, 0.3) is 0 Å². The van der Waals surface area contributed by atoms with Gasteiger partial charge in [-0.1, -0.05) is 25.7 Å². The molecule has 1 heterocycles. The molecule has 2 aliphatic rings. The minimum atomic E-state index is 0.226. The highest BCUT2D eigenvalue weighted by molar-refractivity contribution is 5.81. The van der Waals surface area contributed by atoms with Gasteiger partial charge in [-0.2, -0.15) is 0 Å². The van der Waals surface area contributed by atoms with E-state index in [0.29, 0.717) is 18.3 Å². The summed E-state index contributed by atoms with van der Waals surface area (Å²) in [6.07, 6.45) is 8.18. The zero-order chi connectivity index (χ0) is 9.80. The number of hydrogen-bond donors (Lipinski definition) is 0. The highest BCUT2D eigenvalue weighted by Crippen LogP contribution is 2.29. The van der Waals surface area contributed by atoms with E-state index in [1.165, 1.54) is 25.7 Å². The number of hydrogen-bond acceptors (Lipinski definition) is 2. The average molecular weight is 196 g/mol. The molecule has 14 heavy (non-hydrogen) atoms. The Labute approximate surface area is 86.0 Å². The van der Waals surface area contributed by atoms with Crippen molar-refractivity contribution >= 4 is 5.78 Å². The topological polar surface area (TPSA) is 26.3 Å². The molecule has 2 heteroatoms. The first kappa shape index (κ1) is 10.2. The van der Waals surface area contributed by atoms with Crippen LogP contribution in [0, 0.1) is 11.8 Å². The monoisotopic (exact) mass is 196 g/mol. The molecule has 2 fully saturated rings. The van der Waals surface area contributed by atoms with E-state index in [-0.39, 0.29) is 5.92 Å². The minimum absolute atomic E-state index is 0.226. The average Bonchev–Trinajstić information content (AvgIpc) is 2.72. The van der Waals surface area contributed by atoms with Crippen molar-refractivity contribution in [2.45, 2.75) is 44.9 Å². The van der Waals surface area contributed by atoms with Crippen molar-refractivity contribution in [2.24, 2.45) is 11.8 Å². The highest BCUT2D eigenvalue weighted by Gasteiger charge is 2.25. The molecule has 0 bridgehead atoms. The lowest BCUT2D eigenvalue weighted by molar-refractivity contribution is -0.127. The predicted molar refractivity (Wildman–Crippen MR) is 55.1 cm³/mol. The lowest BCUT2D eigenvalue weighted by atomic mass is 9.90. The molecule has 2 nitrogen and oxygen atoms in total. The number of carbonyl (C=O) groups is 1. The second-order valence-corrected chi connectivity index (χ2v) is 4.73. The Kier molecular flexibility index (Phi) is 3.57. The van der Waals surface area contributed by atoms with E-state index in [0.717, 1.165) is 25.9 Å². The third kappa shape index (κ3) is 2.57. The standard InChI is InChI=1S/C12H20O2/c13-12(8-10-4-1-2-5-10)11-6-3-7-14-9-11/h10-11H,1-9H2. The van der Waals surface area contributed by atoms with Gasteiger partial charge < -0.3 is 4.74 Å². The van der Waals surface area contributed by atoms with Gasteiger partial charge in [0, 0.05) is 18.9 Å². The molecule has 0 amide bonds. The zero-order valence-corrected chi connectivity index (χ0v) is 8.84. The number of Topliss-reactive ketones (excluding diaryl/α,β-unsaturated/α-hetero) is 1. The van der Waals surface area contributed by atoms with E-state index in [2.05, 4.69) is 0 Å². The Morgan fingerprint density at radius 2 is 1.93 bits per heavy atom. The maximum absolute atomic E-state index is 11.9. The molecule has 0 aromatic heterocycles. The van der Waals surface area contributed by atoms with Crippen molar-refractivity contribution in [1.29, 1.82) is 0 Å². The smallest absolute Gasteiger partial charge is 0.138 e. The van der Waals surface area contributed by atoms with Crippen molar-refractivity contribution in [2.75, 3.05) is 13.2 Å². The van der Waals surface area contributed by atoms with Crippen LogP contribution >= 0.6 is 0 Å². The fourth-order valence-electron chi connectivity index (χ4n) is 2.66. The fourth-order valence-corrected chi connectivity index (χ4v) is 2.66. The summed E-state index contributed by atoms with van der Waals surface area (Å²) in [5, 5.41) is 0. The molecule has 1 saturated heterocycles. The molecule has 0 aromatic rings. The second kappa shape index (κ2) is 4.92. The first-order valence-corrected chi connectivity index (χ1v) is 5.96. The van der Waals surface area contributed by atoms with Crippen LogP contribution in [0.2, 0.25) is 0 Å². The zero-order valence-electron chi connectivity index (χ0n) is 8.84. The minimum Gasteiger partial charge on any atom is -0.381 e. The summed E-state index contributed by atoms with van der Waals surface area (Å²) in [4.78, 5) is 11.9. The highest BCUT2D eigenvalue weighted by atomic mass is 16.5. The summed E-state index contributed by atoms with van der Waals surface area (Å²) in [7, 11) is 0. The molecular weight excluding hydrogens is 176 g/mol. The van der Waals surface area contributed by atoms with E-state index in [9.17, 15) is 4.79 Å². The largest absolute Gasteiger partial charge is 0.381 e. The molecule has 0 N–H and O–H groups in total. The maximum atomic E-state index is 11.9. The molecule has 2 rings (SSSR count). The van der Waals surface area contributed by atoms with Crippen LogP contribution in [0.1, 0.15) is 44.9 Å². The molecule has 1 atom stereocenters. The van der Waals surface area contributed by atoms with Gasteiger partial charge in [-0.25, -0.2) is 0 Å². The third-order valence-electron chi connectivity index (χ3n) is 3.58. The van der Waals surface area contributed by atoms with Gasteiger partial charge in [-0.15, -0.1) is 0 Å². The molecule has 1 saturated carbocycles. The first-order valence-electron chi connectivity index (χ1n) is 5.96. The lowest BCUT2D eigenvalue weighted by Crippen LogP contribution is -2.26. The van der Waals surface area contributed by atoms with Gasteiger partial charge in [0.2, 0.25) is 0 Å². The normalized spacial score (nSPS) is 29.3. The van der Waals surface area contributed by atoms with Gasteiger partial charge in [0.15, 0.2) is 0 Å². The van der Waals surface area contributed by atoms with Crippen molar-refractivity contribution in [1.82, 2.24) is 0 Å². The van der Waals surface area contributed by atoms with Gasteiger partial charge in [0.1, 0.15) is 5.78 Å². The van der Waals surface area contributed by atoms with Crippen LogP contribution in [-0.4, -0.2) is 19.0 Å². The Balaban J connectivity index is 1.75. The van der Waals surface area contributed by atoms with Gasteiger partial charge in [0.25, 0.3) is 0 Å². The summed E-state index contributed by atoms with van der Waals surface area (Å²) < 4.78 is 5.35. The molecular formula is C12H20O2. The predicted octanol–water partition coefficient (Wildman–Crippen LogP) is 2.56. The Morgan fingerprint density at radius 3 is 2.57 bits per heavy atom. The number of carbonyl (C=O) groups excluding carboxylic acids is 1. The molecule has 80 valence electrons. The molecule has 1 unspecified atom stereocenters. The van der Waals surface area contributed by atoms with Crippen LogP contribution in [0.15, 0.2) is 0 Å². The van der Waals surface area contributed by atoms with E-state index in [1.54, 1.807) is 0 Å². The third-order valence-corrected chi connectivity index (χ3v) is 3.58. The summed E-state index contributed by atoms with van der Waals surface area (Å²) in [6.45, 7) is 1.54. The van der Waals surface area contributed by atoms with E-state index in [4.69, 9.17) is 4.74 Å². The fraction of sp³-hybridized carbons (Fsp3) is 0.917. The van der Waals surface area contributed by atoms with E-state index in [1.807, 2.05) is 0 Å². The lowest BCUT2D eigenvalue weighted by Gasteiger charge is -2.22. The summed E-state index contributed by atoms with van der Waals surface area (Å²) in [5.41, 5.74) is 0. The van der Waals surface area contributed by atoms with E-state index < -0.39 is 0 Å². The number of ketones is 1. The van der Waals surface area contributed by atoms with Crippen LogP contribution in [-0.2, 0) is 9.53 Å². The van der Waals surface area contributed by atoms with Gasteiger partial charge >= 0.3 is 0 Å². The van der Waals surface area contributed by atoms with Crippen LogP contribution in [0.3, 0.4) is 0 Å². The maximum Gasteiger partial charge on any atom is 0.138 e. The first-order chi connectivity index (χ1) is 6.86. The van der Waals surface area contributed by atoms with Gasteiger partial charge in [-0.3, -0.25) is 4.79 Å². The molecule has 0 aromatic carbocycles. The molecule has 1 aliphatic heterocycles. The quantitative estimate of drug-likeness (QED) is 0.693. The van der Waals surface area contributed by atoms with Crippen molar-refractivity contribution in [3.05, 3.63) is 0 Å². The van der Waals surface area contributed by atoms with Crippen LogP contribution < -0.4 is 0 Å². The molecule has 0 radical (unpaired) electrons. The SMILES string of the molecule is O=C(CC1CCCC1)C1CCCOC1. The molecule has 1 aliphatic carbocycles. The van der Waals surface area contributed by atoms with Gasteiger partial charge in [-0.05, 0) is 18.8 Å². The van der Waals surface area contributed by atoms with Crippen LogP contribution in [0.5, 0.6) is 0 Å². The Hall–Kier alpha value is -0.370. The summed E-state index contributed by atoms with van der Waals surface area (Å²) >= 11 is 0. The second-order valence-electron chi connectivity index (χ2n) is 4.73. The Bertz CT molecular complexity index is 188. The van der Waals surface area contributed by atoms with E-state index >= 15 is 0 Å². The number of ether oxygens (including phenoxy) is 1. The summed E-state index contributed by atoms with van der Waals surface area (Å²) in [5.74, 6) is 1.39. The van der Waals surface area contributed by atoms with Crippen molar-refractivity contribution < 1.29 is 9.53 Å². The summed E-state index contributed by atoms with van der Waals surface area (Å²) in [6, 6.07) is 0. The Morgan fingerprint density at radius 1 is 1.14 bits per heavy atom. The molecule has 0 spiro atoms. The van der Waals surface area contributed by atoms with Gasteiger partial charge in [0.05, 0.1) is 6.61 Å². The van der Waals surface area contributed by atoms with Crippen molar-refractivity contribution in [3.8, 4) is 0 Å². The van der Waals surface area contributed by atoms with Crippen LogP contribution in [0.4, 0.5) is 0 Å².